The molecule has 0 amide bonds. The van der Waals surface area contributed by atoms with E-state index in [0.717, 1.165) is 24.6 Å². The molecule has 5 nitrogen and oxygen atoms in total. The number of likely N-dealkylation sites (tertiary alicyclic amines) is 1. The van der Waals surface area contributed by atoms with E-state index in [1.165, 1.54) is 18.4 Å². The minimum Gasteiger partial charge on any atom is -0.363 e. The maximum Gasteiger partial charge on any atom is 0.128 e. The van der Waals surface area contributed by atoms with Gasteiger partial charge in [-0.25, -0.2) is 4.98 Å². The molecule has 1 aliphatic rings. The lowest BCUT2D eigenvalue weighted by atomic mass is 10.1. The van der Waals surface area contributed by atoms with Crippen LogP contribution in [0.5, 0.6) is 0 Å². The van der Waals surface area contributed by atoms with Crippen LogP contribution >= 0.6 is 0 Å². The maximum absolute atomic E-state index is 4.40. The highest BCUT2D eigenvalue weighted by molar-refractivity contribution is 5.40. The lowest BCUT2D eigenvalue weighted by Crippen LogP contribution is -2.23. The Morgan fingerprint density at radius 1 is 1.24 bits per heavy atom. The van der Waals surface area contributed by atoms with E-state index in [4.69, 9.17) is 0 Å². The largest absolute Gasteiger partial charge is 0.363 e. The lowest BCUT2D eigenvalue weighted by molar-refractivity contribution is 0.245. The molecule has 1 fully saturated rings. The zero-order chi connectivity index (χ0) is 14.7. The number of anilines is 1. The van der Waals surface area contributed by atoms with Crippen LogP contribution in [0.15, 0.2) is 36.9 Å². The van der Waals surface area contributed by atoms with Gasteiger partial charge in [0.2, 0.25) is 0 Å². The average Bonchev–Trinajstić information content (AvgIpc) is 2.96. The second kappa shape index (κ2) is 6.18. The third kappa shape index (κ3) is 3.19. The fourth-order valence-electron chi connectivity index (χ4n) is 2.90. The highest BCUT2D eigenvalue weighted by atomic mass is 15.2. The Balaban J connectivity index is 1.79. The molecule has 2 aromatic heterocycles. The van der Waals surface area contributed by atoms with Gasteiger partial charge in [0.15, 0.2) is 0 Å². The molecule has 1 saturated heterocycles. The molecule has 0 bridgehead atoms. The second-order valence-corrected chi connectivity index (χ2v) is 5.67. The first-order valence-electron chi connectivity index (χ1n) is 7.36. The Morgan fingerprint density at radius 2 is 2.14 bits per heavy atom. The van der Waals surface area contributed by atoms with Crippen molar-refractivity contribution in [3.8, 4) is 0 Å². The molecular formula is C16H21N5. The van der Waals surface area contributed by atoms with E-state index in [1.807, 2.05) is 31.4 Å². The molecule has 3 rings (SSSR count). The van der Waals surface area contributed by atoms with Crippen LogP contribution in [0.2, 0.25) is 0 Å². The molecule has 0 N–H and O–H groups in total. The summed E-state index contributed by atoms with van der Waals surface area (Å²) >= 11 is 0. The summed E-state index contributed by atoms with van der Waals surface area (Å²) in [5.41, 5.74) is 2.38. The molecule has 1 atom stereocenters. The van der Waals surface area contributed by atoms with Gasteiger partial charge in [-0.3, -0.25) is 14.9 Å². The molecule has 2 aromatic rings. The Kier molecular flexibility index (Phi) is 4.10. The molecule has 0 aliphatic carbocycles. The average molecular weight is 283 g/mol. The maximum atomic E-state index is 4.40. The van der Waals surface area contributed by atoms with Crippen LogP contribution in [0.4, 0.5) is 5.82 Å². The highest BCUT2D eigenvalue weighted by Gasteiger charge is 2.26. The van der Waals surface area contributed by atoms with Crippen molar-refractivity contribution in [1.29, 1.82) is 0 Å². The monoisotopic (exact) mass is 283 g/mol. The Labute approximate surface area is 125 Å². The van der Waals surface area contributed by atoms with Gasteiger partial charge >= 0.3 is 0 Å². The summed E-state index contributed by atoms with van der Waals surface area (Å²) in [7, 11) is 4.05. The smallest absolute Gasteiger partial charge is 0.128 e. The fourth-order valence-corrected chi connectivity index (χ4v) is 2.90. The zero-order valence-corrected chi connectivity index (χ0v) is 12.6. The predicted molar refractivity (Wildman–Crippen MR) is 83.0 cm³/mol. The van der Waals surface area contributed by atoms with E-state index >= 15 is 0 Å². The van der Waals surface area contributed by atoms with Crippen LogP contribution in [0, 0.1) is 0 Å². The second-order valence-electron chi connectivity index (χ2n) is 5.67. The van der Waals surface area contributed by atoms with Gasteiger partial charge < -0.3 is 4.90 Å². The van der Waals surface area contributed by atoms with E-state index in [1.54, 1.807) is 12.4 Å². The summed E-state index contributed by atoms with van der Waals surface area (Å²) in [6, 6.07) is 4.78. The summed E-state index contributed by atoms with van der Waals surface area (Å²) < 4.78 is 0. The Morgan fingerprint density at radius 3 is 2.90 bits per heavy atom. The standard InChI is InChI=1S/C16H21N5/c1-20(2)16-10-13(5-6-19-16)15-4-3-9-21(15)12-14-11-17-7-8-18-14/h5-8,10-11,15H,3-4,9,12H2,1-2H3/t15-/m1/s1. The quantitative estimate of drug-likeness (QED) is 0.861. The van der Waals surface area contributed by atoms with Crippen LogP contribution in [0.3, 0.4) is 0 Å². The zero-order valence-electron chi connectivity index (χ0n) is 12.6. The van der Waals surface area contributed by atoms with Crippen LogP contribution in [0.1, 0.15) is 30.1 Å². The number of rotatable bonds is 4. The van der Waals surface area contributed by atoms with Gasteiger partial charge in [0.25, 0.3) is 0 Å². The van der Waals surface area contributed by atoms with Gasteiger partial charge in [-0.2, -0.15) is 0 Å². The third-order valence-corrected chi connectivity index (χ3v) is 3.96. The lowest BCUT2D eigenvalue weighted by Gasteiger charge is -2.25. The van der Waals surface area contributed by atoms with Gasteiger partial charge in [-0.05, 0) is 37.1 Å². The summed E-state index contributed by atoms with van der Waals surface area (Å²) in [5, 5.41) is 0. The van der Waals surface area contributed by atoms with E-state index in [2.05, 4.69) is 32.0 Å². The van der Waals surface area contributed by atoms with Crippen LogP contribution in [-0.4, -0.2) is 40.5 Å². The van der Waals surface area contributed by atoms with E-state index < -0.39 is 0 Å². The molecule has 21 heavy (non-hydrogen) atoms. The van der Waals surface area contributed by atoms with Gasteiger partial charge in [-0.1, -0.05) is 0 Å². The summed E-state index contributed by atoms with van der Waals surface area (Å²) in [6.45, 7) is 1.97. The first-order valence-corrected chi connectivity index (χ1v) is 7.36. The first-order chi connectivity index (χ1) is 10.2. The molecule has 5 heteroatoms. The minimum atomic E-state index is 0.453. The molecule has 0 unspecified atom stereocenters. The molecule has 0 spiro atoms. The van der Waals surface area contributed by atoms with Gasteiger partial charge in [0.05, 0.1) is 5.69 Å². The Hall–Kier alpha value is -2.01. The number of aromatic nitrogens is 3. The predicted octanol–water partition coefficient (Wildman–Crippen LogP) is 2.27. The Bertz CT molecular complexity index is 584. The van der Waals surface area contributed by atoms with Crippen LogP contribution in [0.25, 0.3) is 0 Å². The van der Waals surface area contributed by atoms with Crippen molar-refractivity contribution < 1.29 is 0 Å². The SMILES string of the molecule is CN(C)c1cc([C@H]2CCCN2Cc2cnccn2)ccn1. The summed E-state index contributed by atoms with van der Waals surface area (Å²) in [4.78, 5) is 17.5. The van der Waals surface area contributed by atoms with Crippen molar-refractivity contribution >= 4 is 5.82 Å². The minimum absolute atomic E-state index is 0.453. The summed E-state index contributed by atoms with van der Waals surface area (Å²) in [5.74, 6) is 1.01. The number of pyridine rings is 1. The number of hydrogen-bond acceptors (Lipinski definition) is 5. The molecule has 3 heterocycles. The third-order valence-electron chi connectivity index (χ3n) is 3.96. The van der Waals surface area contributed by atoms with Gasteiger partial charge in [0, 0.05) is 51.5 Å². The van der Waals surface area contributed by atoms with Gasteiger partial charge in [-0.15, -0.1) is 0 Å². The number of nitrogens with zero attached hydrogens (tertiary/aromatic N) is 5. The summed E-state index contributed by atoms with van der Waals surface area (Å²) in [6.07, 6.45) is 9.66. The van der Waals surface area contributed by atoms with Crippen LogP contribution in [-0.2, 0) is 6.54 Å². The molecule has 0 aromatic carbocycles. The normalized spacial score (nSPS) is 18.9. The molecule has 0 saturated carbocycles. The number of hydrogen-bond donors (Lipinski definition) is 0. The van der Waals surface area contributed by atoms with Crippen LogP contribution < -0.4 is 4.90 Å². The fraction of sp³-hybridized carbons (Fsp3) is 0.438. The van der Waals surface area contributed by atoms with E-state index in [-0.39, 0.29) is 0 Å². The van der Waals surface area contributed by atoms with Crippen molar-refractivity contribution in [2.45, 2.75) is 25.4 Å². The van der Waals surface area contributed by atoms with Gasteiger partial charge in [0.1, 0.15) is 5.82 Å². The van der Waals surface area contributed by atoms with Crippen molar-refractivity contribution in [3.63, 3.8) is 0 Å². The van der Waals surface area contributed by atoms with E-state index in [9.17, 15) is 0 Å². The van der Waals surface area contributed by atoms with E-state index in [0.29, 0.717) is 6.04 Å². The topological polar surface area (TPSA) is 45.2 Å². The van der Waals surface area contributed by atoms with Crippen molar-refractivity contribution in [1.82, 2.24) is 19.9 Å². The molecule has 110 valence electrons. The van der Waals surface area contributed by atoms with Crippen molar-refractivity contribution in [2.75, 3.05) is 25.5 Å². The first kappa shape index (κ1) is 13.9. The highest BCUT2D eigenvalue weighted by Crippen LogP contribution is 2.33. The van der Waals surface area contributed by atoms with Crippen molar-refractivity contribution in [2.24, 2.45) is 0 Å². The molecule has 0 radical (unpaired) electrons. The molecule has 1 aliphatic heterocycles. The molecular weight excluding hydrogens is 262 g/mol. The van der Waals surface area contributed by atoms with Crippen molar-refractivity contribution in [3.05, 3.63) is 48.2 Å².